The number of aryl methyl sites for hydroxylation is 1. The average Bonchev–Trinajstić information content (AvgIpc) is 2.94. The van der Waals surface area contributed by atoms with E-state index in [1.165, 1.54) is 0 Å². The molecule has 1 aromatic heterocycles. The summed E-state index contributed by atoms with van der Waals surface area (Å²) < 4.78 is 4.79. The van der Waals surface area contributed by atoms with Gasteiger partial charge in [-0.2, -0.15) is 0 Å². The fourth-order valence-electron chi connectivity index (χ4n) is 2.29. The minimum absolute atomic E-state index is 0.277. The smallest absolute Gasteiger partial charge is 0.303 e. The summed E-state index contributed by atoms with van der Waals surface area (Å²) >= 11 is 0. The summed E-state index contributed by atoms with van der Waals surface area (Å²) in [6, 6.07) is 4.00. The number of rotatable bonds is 9. The van der Waals surface area contributed by atoms with Gasteiger partial charge in [-0.05, 0) is 41.7 Å². The minimum Gasteiger partial charge on any atom is -0.481 e. The van der Waals surface area contributed by atoms with Crippen LogP contribution in [-0.4, -0.2) is 27.9 Å². The van der Waals surface area contributed by atoms with Gasteiger partial charge in [-0.3, -0.25) is 4.79 Å². The quantitative estimate of drug-likeness (QED) is 0.689. The molecule has 2 N–H and O–H groups in total. The number of carboxylic acid groups (broad SMARTS) is 1. The van der Waals surface area contributed by atoms with Crippen LogP contribution in [0.15, 0.2) is 16.8 Å². The van der Waals surface area contributed by atoms with Crippen LogP contribution in [0.3, 0.4) is 0 Å². The third-order valence-electron chi connectivity index (χ3n) is 3.50. The number of benzene rings is 1. The Balaban J connectivity index is 1.68. The Morgan fingerprint density at radius 1 is 1.14 bits per heavy atom. The largest absolute Gasteiger partial charge is 0.481 e. The average molecular weight is 291 g/mol. The molecule has 0 bridgehead atoms. The monoisotopic (exact) mass is 291 g/mol. The van der Waals surface area contributed by atoms with Crippen molar-refractivity contribution in [2.24, 2.45) is 0 Å². The summed E-state index contributed by atoms with van der Waals surface area (Å²) in [4.78, 5) is 10.4. The molecule has 0 atom stereocenters. The summed E-state index contributed by atoms with van der Waals surface area (Å²) in [6.45, 7) is 2.84. The number of hydrogen-bond acceptors (Lipinski definition) is 5. The fourth-order valence-corrected chi connectivity index (χ4v) is 2.29. The van der Waals surface area contributed by atoms with Gasteiger partial charge in [0.05, 0.1) is 5.69 Å². The molecule has 0 saturated carbocycles. The second-order valence-electron chi connectivity index (χ2n) is 5.23. The number of aliphatic carboxylic acids is 1. The highest BCUT2D eigenvalue weighted by atomic mass is 16.6. The maximum Gasteiger partial charge on any atom is 0.303 e. The molecular weight excluding hydrogens is 270 g/mol. The predicted octanol–water partition coefficient (Wildman–Crippen LogP) is 3.37. The maximum atomic E-state index is 10.4. The van der Waals surface area contributed by atoms with E-state index < -0.39 is 5.97 Å². The lowest BCUT2D eigenvalue weighted by Crippen LogP contribution is -2.02. The van der Waals surface area contributed by atoms with E-state index in [9.17, 15) is 4.79 Å². The Kier molecular flexibility index (Phi) is 5.54. The lowest BCUT2D eigenvalue weighted by Gasteiger charge is -2.07. The highest BCUT2D eigenvalue weighted by Crippen LogP contribution is 2.23. The van der Waals surface area contributed by atoms with Gasteiger partial charge in [0.15, 0.2) is 5.52 Å². The van der Waals surface area contributed by atoms with Crippen molar-refractivity contribution < 1.29 is 14.5 Å². The molecule has 0 spiro atoms. The van der Waals surface area contributed by atoms with Gasteiger partial charge in [-0.1, -0.05) is 25.3 Å². The van der Waals surface area contributed by atoms with Crippen LogP contribution in [0.2, 0.25) is 0 Å². The van der Waals surface area contributed by atoms with E-state index in [2.05, 4.69) is 15.6 Å². The van der Waals surface area contributed by atoms with Crippen molar-refractivity contribution in [1.82, 2.24) is 10.3 Å². The van der Waals surface area contributed by atoms with Crippen LogP contribution in [0.4, 0.5) is 5.69 Å². The van der Waals surface area contributed by atoms with Crippen molar-refractivity contribution in [3.63, 3.8) is 0 Å². The Morgan fingerprint density at radius 3 is 2.67 bits per heavy atom. The number of carboxylic acids is 1. The van der Waals surface area contributed by atoms with Crippen molar-refractivity contribution in [2.75, 3.05) is 11.9 Å². The van der Waals surface area contributed by atoms with Crippen molar-refractivity contribution in [1.29, 1.82) is 0 Å². The van der Waals surface area contributed by atoms with Gasteiger partial charge in [0.25, 0.3) is 0 Å². The van der Waals surface area contributed by atoms with Gasteiger partial charge in [0.1, 0.15) is 5.52 Å². The first-order chi connectivity index (χ1) is 10.2. The van der Waals surface area contributed by atoms with Crippen LogP contribution in [-0.2, 0) is 4.79 Å². The number of aromatic nitrogens is 2. The Labute approximate surface area is 123 Å². The molecule has 1 aromatic carbocycles. The van der Waals surface area contributed by atoms with Gasteiger partial charge >= 0.3 is 5.97 Å². The summed E-state index contributed by atoms with van der Waals surface area (Å²) in [7, 11) is 0. The van der Waals surface area contributed by atoms with Gasteiger partial charge in [0.2, 0.25) is 0 Å². The third-order valence-corrected chi connectivity index (χ3v) is 3.50. The number of hydrogen-bond donors (Lipinski definition) is 2. The van der Waals surface area contributed by atoms with Crippen LogP contribution in [0.1, 0.15) is 44.1 Å². The number of nitrogens with zero attached hydrogens (tertiary/aromatic N) is 2. The molecule has 6 nitrogen and oxygen atoms in total. The number of unbranched alkanes of at least 4 members (excludes halogenated alkanes) is 4. The highest BCUT2D eigenvalue weighted by Gasteiger charge is 2.08. The summed E-state index contributed by atoms with van der Waals surface area (Å²) in [6.07, 6.45) is 5.25. The Bertz CT molecular complexity index is 595. The second kappa shape index (κ2) is 7.61. The van der Waals surface area contributed by atoms with E-state index in [1.807, 2.05) is 19.1 Å². The number of nitrogens with one attached hydrogen (secondary N) is 1. The first kappa shape index (κ1) is 15.3. The van der Waals surface area contributed by atoms with Crippen LogP contribution < -0.4 is 5.32 Å². The zero-order valence-corrected chi connectivity index (χ0v) is 12.3. The topological polar surface area (TPSA) is 88.2 Å². The van der Waals surface area contributed by atoms with E-state index in [4.69, 9.17) is 9.74 Å². The van der Waals surface area contributed by atoms with Crippen molar-refractivity contribution >= 4 is 22.7 Å². The molecule has 0 fully saturated rings. The molecule has 2 rings (SSSR count). The SMILES string of the molecule is Cc1ccc(NCCCCCCCC(=O)O)c2nonc12. The van der Waals surface area contributed by atoms with Crippen LogP contribution in [0.25, 0.3) is 11.0 Å². The second-order valence-corrected chi connectivity index (χ2v) is 5.23. The summed E-state index contributed by atoms with van der Waals surface area (Å²) in [5, 5.41) is 19.7. The van der Waals surface area contributed by atoms with Gasteiger partial charge < -0.3 is 10.4 Å². The van der Waals surface area contributed by atoms with Crippen LogP contribution >= 0.6 is 0 Å². The third kappa shape index (κ3) is 4.44. The molecule has 0 aliphatic heterocycles. The molecule has 0 saturated heterocycles. The van der Waals surface area contributed by atoms with Crippen LogP contribution in [0.5, 0.6) is 0 Å². The van der Waals surface area contributed by atoms with E-state index in [0.717, 1.165) is 60.9 Å². The first-order valence-corrected chi connectivity index (χ1v) is 7.36. The lowest BCUT2D eigenvalue weighted by atomic mass is 10.1. The first-order valence-electron chi connectivity index (χ1n) is 7.36. The summed E-state index contributed by atoms with van der Waals surface area (Å²) in [5.41, 5.74) is 3.57. The molecule has 6 heteroatoms. The lowest BCUT2D eigenvalue weighted by molar-refractivity contribution is -0.137. The van der Waals surface area contributed by atoms with Gasteiger partial charge in [-0.25, -0.2) is 4.63 Å². The highest BCUT2D eigenvalue weighted by molar-refractivity contribution is 5.89. The van der Waals surface area contributed by atoms with E-state index in [-0.39, 0.29) is 6.42 Å². The molecule has 0 radical (unpaired) electrons. The summed E-state index contributed by atoms with van der Waals surface area (Å²) in [5.74, 6) is -0.707. The van der Waals surface area contributed by atoms with E-state index in [1.54, 1.807) is 0 Å². The molecule has 0 amide bonds. The zero-order chi connectivity index (χ0) is 15.1. The molecule has 0 aliphatic carbocycles. The number of carbonyl (C=O) groups is 1. The fraction of sp³-hybridized carbons (Fsp3) is 0.533. The molecule has 0 unspecified atom stereocenters. The standard InChI is InChI=1S/C15H21N3O3/c1-11-8-9-12(15-14(11)17-21-18-15)16-10-6-4-2-3-5-7-13(19)20/h8-9,16H,2-7,10H2,1H3,(H,19,20). The molecule has 114 valence electrons. The maximum absolute atomic E-state index is 10.4. The predicted molar refractivity (Wildman–Crippen MR) is 80.4 cm³/mol. The van der Waals surface area contributed by atoms with Crippen LogP contribution in [0, 0.1) is 6.92 Å². The molecular formula is C15H21N3O3. The normalized spacial score (nSPS) is 10.9. The molecule has 1 heterocycles. The van der Waals surface area contributed by atoms with Crippen molar-refractivity contribution in [3.8, 4) is 0 Å². The molecule has 2 aromatic rings. The number of fused-ring (bicyclic) bond motifs is 1. The van der Waals surface area contributed by atoms with Gasteiger partial charge in [0, 0.05) is 13.0 Å². The Morgan fingerprint density at radius 2 is 1.86 bits per heavy atom. The van der Waals surface area contributed by atoms with Crippen molar-refractivity contribution in [3.05, 3.63) is 17.7 Å². The molecule has 21 heavy (non-hydrogen) atoms. The minimum atomic E-state index is -0.707. The van der Waals surface area contributed by atoms with Gasteiger partial charge in [-0.15, -0.1) is 0 Å². The zero-order valence-electron chi connectivity index (χ0n) is 12.3. The van der Waals surface area contributed by atoms with E-state index >= 15 is 0 Å². The Hall–Kier alpha value is -2.11. The molecule has 0 aliphatic rings. The van der Waals surface area contributed by atoms with E-state index in [0.29, 0.717) is 0 Å². The van der Waals surface area contributed by atoms with Crippen molar-refractivity contribution in [2.45, 2.75) is 45.4 Å². The number of anilines is 1.